The lowest BCUT2D eigenvalue weighted by Gasteiger charge is -2.24. The van der Waals surface area contributed by atoms with E-state index in [9.17, 15) is 24.3 Å². The van der Waals surface area contributed by atoms with E-state index in [0.717, 1.165) is 0 Å². The van der Waals surface area contributed by atoms with Gasteiger partial charge in [-0.25, -0.2) is 4.79 Å². The van der Waals surface area contributed by atoms with Gasteiger partial charge in [0.25, 0.3) is 0 Å². The highest BCUT2D eigenvalue weighted by Crippen LogP contribution is 2.07. The van der Waals surface area contributed by atoms with Crippen LogP contribution in [0.3, 0.4) is 0 Å². The molecule has 3 unspecified atom stereocenters. The number of amides is 3. The average molecular weight is 358 g/mol. The van der Waals surface area contributed by atoms with Gasteiger partial charge in [0.15, 0.2) is 0 Å². The normalized spacial score (nSPS) is 14.7. The minimum atomic E-state index is -1.17. The van der Waals surface area contributed by atoms with Crippen molar-refractivity contribution >= 4 is 23.7 Å². The Hall–Kier alpha value is -2.16. The molecule has 0 aromatic heterocycles. The number of nitrogens with one attached hydrogen (secondary N) is 2. The Morgan fingerprint density at radius 3 is 1.88 bits per heavy atom. The number of carboxylic acid groups (broad SMARTS) is 1. The first-order chi connectivity index (χ1) is 11.5. The number of carbonyl (C=O) groups excluding carboxylic acids is 3. The van der Waals surface area contributed by atoms with Gasteiger partial charge in [0, 0.05) is 6.42 Å². The van der Waals surface area contributed by atoms with Crippen LogP contribution in [0.25, 0.3) is 0 Å². The Morgan fingerprint density at radius 2 is 1.48 bits per heavy atom. The smallest absolute Gasteiger partial charge is 0.326 e. The molecule has 0 saturated heterocycles. The monoisotopic (exact) mass is 358 g/mol. The van der Waals surface area contributed by atoms with Gasteiger partial charge in [-0.3, -0.25) is 14.4 Å². The number of rotatable bonds is 11. The number of carboxylic acids is 1. The van der Waals surface area contributed by atoms with E-state index in [1.807, 2.05) is 13.8 Å². The summed E-state index contributed by atoms with van der Waals surface area (Å²) in [4.78, 5) is 46.8. The highest BCUT2D eigenvalue weighted by molar-refractivity contribution is 5.92. The largest absolute Gasteiger partial charge is 0.480 e. The van der Waals surface area contributed by atoms with E-state index < -0.39 is 41.8 Å². The summed E-state index contributed by atoms with van der Waals surface area (Å²) in [5.74, 6) is -3.12. The minimum absolute atomic E-state index is 0.0360. The fourth-order valence-electron chi connectivity index (χ4n) is 2.09. The second kappa shape index (κ2) is 10.7. The zero-order valence-corrected chi connectivity index (χ0v) is 15.2. The Bertz CT molecular complexity index is 493. The Balaban J connectivity index is 5.10. The molecule has 0 spiro atoms. The van der Waals surface area contributed by atoms with Gasteiger partial charge in [0.05, 0.1) is 6.04 Å². The molecule has 0 aliphatic rings. The number of primary amides is 1. The number of carbonyl (C=O) groups is 4. The molecule has 0 heterocycles. The van der Waals surface area contributed by atoms with Crippen molar-refractivity contribution in [1.29, 1.82) is 0 Å². The third-order valence-corrected chi connectivity index (χ3v) is 3.66. The van der Waals surface area contributed by atoms with Gasteiger partial charge >= 0.3 is 5.97 Å². The van der Waals surface area contributed by atoms with E-state index in [1.165, 1.54) is 0 Å². The van der Waals surface area contributed by atoms with Crippen molar-refractivity contribution in [2.24, 2.45) is 23.3 Å². The topological polar surface area (TPSA) is 165 Å². The molecule has 9 heteroatoms. The third kappa shape index (κ3) is 9.04. The van der Waals surface area contributed by atoms with Gasteiger partial charge < -0.3 is 27.2 Å². The molecule has 3 amide bonds. The Morgan fingerprint density at radius 1 is 0.960 bits per heavy atom. The van der Waals surface area contributed by atoms with Crippen molar-refractivity contribution in [2.75, 3.05) is 0 Å². The second-order valence-corrected chi connectivity index (χ2v) is 6.86. The first kappa shape index (κ1) is 22.8. The molecular formula is C16H30N4O5. The number of hydrogen-bond acceptors (Lipinski definition) is 5. The van der Waals surface area contributed by atoms with Crippen LogP contribution in [0.1, 0.15) is 47.0 Å². The summed E-state index contributed by atoms with van der Waals surface area (Å²) in [6.45, 7) is 7.17. The van der Waals surface area contributed by atoms with Gasteiger partial charge in [0.2, 0.25) is 17.7 Å². The van der Waals surface area contributed by atoms with Crippen LogP contribution in [0.2, 0.25) is 0 Å². The molecule has 144 valence electrons. The highest BCUT2D eigenvalue weighted by atomic mass is 16.4. The van der Waals surface area contributed by atoms with E-state index >= 15 is 0 Å². The summed E-state index contributed by atoms with van der Waals surface area (Å²) in [7, 11) is 0. The van der Waals surface area contributed by atoms with E-state index in [0.29, 0.717) is 0 Å². The molecule has 25 heavy (non-hydrogen) atoms. The lowest BCUT2D eigenvalue weighted by atomic mass is 10.0. The molecule has 0 aliphatic heterocycles. The molecule has 0 fully saturated rings. The maximum atomic E-state index is 12.4. The average Bonchev–Trinajstić information content (AvgIpc) is 2.48. The van der Waals surface area contributed by atoms with Crippen molar-refractivity contribution in [3.63, 3.8) is 0 Å². The summed E-state index contributed by atoms with van der Waals surface area (Å²) < 4.78 is 0. The first-order valence-electron chi connectivity index (χ1n) is 8.33. The highest BCUT2D eigenvalue weighted by Gasteiger charge is 2.29. The van der Waals surface area contributed by atoms with Crippen molar-refractivity contribution < 1.29 is 24.3 Å². The lowest BCUT2D eigenvalue weighted by molar-refractivity contribution is -0.142. The molecule has 0 saturated carbocycles. The van der Waals surface area contributed by atoms with Crippen molar-refractivity contribution in [3.8, 4) is 0 Å². The maximum Gasteiger partial charge on any atom is 0.326 e. The van der Waals surface area contributed by atoms with E-state index in [4.69, 9.17) is 11.5 Å². The summed E-state index contributed by atoms with van der Waals surface area (Å²) in [5, 5.41) is 14.1. The van der Waals surface area contributed by atoms with E-state index in [2.05, 4.69) is 10.6 Å². The predicted octanol–water partition coefficient (Wildman–Crippen LogP) is -0.664. The number of hydrogen-bond donors (Lipinski definition) is 5. The van der Waals surface area contributed by atoms with Crippen molar-refractivity contribution in [2.45, 2.75) is 65.1 Å². The molecule has 7 N–H and O–H groups in total. The molecule has 0 aliphatic carbocycles. The molecule has 0 rings (SSSR count). The van der Waals surface area contributed by atoms with Gasteiger partial charge in [0.1, 0.15) is 12.1 Å². The van der Waals surface area contributed by atoms with E-state index in [1.54, 1.807) is 13.8 Å². The molecule has 0 radical (unpaired) electrons. The predicted molar refractivity (Wildman–Crippen MR) is 92.2 cm³/mol. The number of nitrogens with two attached hydrogens (primary N) is 2. The zero-order valence-electron chi connectivity index (χ0n) is 15.2. The van der Waals surface area contributed by atoms with Crippen LogP contribution in [0.4, 0.5) is 0 Å². The SMILES string of the molecule is CC(C)CC(NC(=O)C(CCC(N)=O)NC(=O)C(N)C(C)C)C(=O)O. The maximum absolute atomic E-state index is 12.4. The van der Waals surface area contributed by atoms with Crippen molar-refractivity contribution in [3.05, 3.63) is 0 Å². The molecule has 0 aromatic rings. The molecule has 0 bridgehead atoms. The zero-order chi connectivity index (χ0) is 19.7. The van der Waals surface area contributed by atoms with Crippen LogP contribution >= 0.6 is 0 Å². The molecular weight excluding hydrogens is 328 g/mol. The molecule has 3 atom stereocenters. The fourth-order valence-corrected chi connectivity index (χ4v) is 2.09. The quantitative estimate of drug-likeness (QED) is 0.329. The molecule has 9 nitrogen and oxygen atoms in total. The lowest BCUT2D eigenvalue weighted by Crippen LogP contribution is -2.55. The van der Waals surface area contributed by atoms with Crippen LogP contribution in [0.5, 0.6) is 0 Å². The van der Waals surface area contributed by atoms with Gasteiger partial charge in [-0.05, 0) is 24.7 Å². The summed E-state index contributed by atoms with van der Waals surface area (Å²) in [6, 6.07) is -2.99. The van der Waals surface area contributed by atoms with Gasteiger partial charge in [-0.15, -0.1) is 0 Å². The minimum Gasteiger partial charge on any atom is -0.480 e. The fraction of sp³-hybridized carbons (Fsp3) is 0.750. The van der Waals surface area contributed by atoms with Gasteiger partial charge in [-0.1, -0.05) is 27.7 Å². The Kier molecular flexibility index (Phi) is 9.73. The van der Waals surface area contributed by atoms with Crippen molar-refractivity contribution in [1.82, 2.24) is 10.6 Å². The standard InChI is InChI=1S/C16H30N4O5/c1-8(2)7-11(16(24)25)20-14(22)10(5-6-12(17)21)19-15(23)13(18)9(3)4/h8-11,13H,5-7,18H2,1-4H3,(H2,17,21)(H,19,23)(H,20,22)(H,24,25). The first-order valence-corrected chi connectivity index (χ1v) is 8.33. The van der Waals surface area contributed by atoms with Crippen LogP contribution in [0, 0.1) is 11.8 Å². The van der Waals surface area contributed by atoms with E-state index in [-0.39, 0.29) is 31.1 Å². The Labute approximate surface area is 147 Å². The summed E-state index contributed by atoms with van der Waals surface area (Å²) >= 11 is 0. The van der Waals surface area contributed by atoms with Crippen LogP contribution < -0.4 is 22.1 Å². The van der Waals surface area contributed by atoms with Crippen LogP contribution in [-0.4, -0.2) is 46.9 Å². The number of aliphatic carboxylic acids is 1. The van der Waals surface area contributed by atoms with Gasteiger partial charge in [-0.2, -0.15) is 0 Å². The van der Waals surface area contributed by atoms with Crippen LogP contribution in [0.15, 0.2) is 0 Å². The van der Waals surface area contributed by atoms with Crippen LogP contribution in [-0.2, 0) is 19.2 Å². The summed E-state index contributed by atoms with van der Waals surface area (Å²) in [6.07, 6.45) is 0.0754. The second-order valence-electron chi connectivity index (χ2n) is 6.86. The molecule has 0 aromatic carbocycles. The third-order valence-electron chi connectivity index (χ3n) is 3.66. The summed E-state index contributed by atoms with van der Waals surface area (Å²) in [5.41, 5.74) is 10.8.